The van der Waals surface area contributed by atoms with Crippen LogP contribution in [-0.4, -0.2) is 20.4 Å². The second-order valence-electron chi connectivity index (χ2n) is 9.43. The minimum atomic E-state index is -4.02. The third-order valence-electron chi connectivity index (χ3n) is 6.24. The molecule has 1 atom stereocenters. The molecule has 0 spiro atoms. The van der Waals surface area contributed by atoms with Crippen LogP contribution in [-0.2, 0) is 27.7 Å². The van der Waals surface area contributed by atoms with Gasteiger partial charge in [0, 0.05) is 6.07 Å². The van der Waals surface area contributed by atoms with Crippen LogP contribution in [0, 0.1) is 13.8 Å². The van der Waals surface area contributed by atoms with Crippen LogP contribution >= 0.6 is 0 Å². The Hall–Kier alpha value is -3.75. The van der Waals surface area contributed by atoms with Crippen molar-refractivity contribution in [3.63, 3.8) is 0 Å². The standard InChI is InChI=1S/C30H31NO6S/c1-4-5-11-23-19-28(32)36-26-16-21(3)17-27(29(23)26)37-30(33)25(18-22-9-7-6-8-10-22)31-38(34,35)24-14-12-20(2)13-15-24/h6-10,12-17,19,25,31H,4-5,11,18H2,1-3H3. The Morgan fingerprint density at radius 3 is 2.37 bits per heavy atom. The number of sulfonamides is 1. The van der Waals surface area contributed by atoms with E-state index in [1.165, 1.54) is 18.2 Å². The van der Waals surface area contributed by atoms with Crippen LogP contribution in [0.1, 0.15) is 42.0 Å². The van der Waals surface area contributed by atoms with Crippen LogP contribution < -0.4 is 15.1 Å². The lowest BCUT2D eigenvalue weighted by molar-refractivity contribution is -0.136. The summed E-state index contributed by atoms with van der Waals surface area (Å²) in [7, 11) is -4.02. The average molecular weight is 534 g/mol. The van der Waals surface area contributed by atoms with E-state index < -0.39 is 27.7 Å². The molecule has 1 N–H and O–H groups in total. The Morgan fingerprint density at radius 2 is 1.68 bits per heavy atom. The Morgan fingerprint density at radius 1 is 0.974 bits per heavy atom. The van der Waals surface area contributed by atoms with Gasteiger partial charge in [-0.2, -0.15) is 4.72 Å². The van der Waals surface area contributed by atoms with E-state index >= 15 is 0 Å². The molecule has 1 unspecified atom stereocenters. The van der Waals surface area contributed by atoms with Gasteiger partial charge in [0.25, 0.3) is 0 Å². The molecule has 0 amide bonds. The highest BCUT2D eigenvalue weighted by molar-refractivity contribution is 7.89. The second-order valence-corrected chi connectivity index (χ2v) is 11.1. The summed E-state index contributed by atoms with van der Waals surface area (Å²) < 4.78 is 40.3. The molecular formula is C30H31NO6S. The maximum atomic E-state index is 13.6. The highest BCUT2D eigenvalue weighted by atomic mass is 32.2. The first-order chi connectivity index (χ1) is 18.2. The van der Waals surface area contributed by atoms with E-state index in [4.69, 9.17) is 9.15 Å². The third kappa shape index (κ3) is 6.57. The van der Waals surface area contributed by atoms with Crippen molar-refractivity contribution in [2.24, 2.45) is 0 Å². The Bertz CT molecular complexity index is 1590. The lowest BCUT2D eigenvalue weighted by Crippen LogP contribution is -2.44. The molecule has 0 radical (unpaired) electrons. The number of ether oxygens (including phenoxy) is 1. The first-order valence-electron chi connectivity index (χ1n) is 12.6. The fourth-order valence-corrected chi connectivity index (χ4v) is 5.47. The number of carbonyl (C=O) groups is 1. The first kappa shape index (κ1) is 27.3. The van der Waals surface area contributed by atoms with Gasteiger partial charge in [-0.15, -0.1) is 0 Å². The van der Waals surface area contributed by atoms with E-state index in [9.17, 15) is 18.0 Å². The van der Waals surface area contributed by atoms with Crippen LogP contribution in [0.2, 0.25) is 0 Å². The number of carbonyl (C=O) groups excluding carboxylic acids is 1. The van der Waals surface area contributed by atoms with Crippen LogP contribution in [0.25, 0.3) is 11.0 Å². The minimum absolute atomic E-state index is 0.0543. The van der Waals surface area contributed by atoms with Gasteiger partial charge in [-0.1, -0.05) is 61.4 Å². The predicted molar refractivity (Wildman–Crippen MR) is 147 cm³/mol. The molecule has 8 heteroatoms. The number of rotatable bonds is 10. The summed E-state index contributed by atoms with van der Waals surface area (Å²) in [6, 6.07) is 19.2. The van der Waals surface area contributed by atoms with E-state index in [-0.39, 0.29) is 17.1 Å². The summed E-state index contributed by atoms with van der Waals surface area (Å²) in [6.45, 7) is 5.71. The summed E-state index contributed by atoms with van der Waals surface area (Å²) in [5.74, 6) is -0.531. The zero-order valence-electron chi connectivity index (χ0n) is 21.7. The van der Waals surface area contributed by atoms with E-state index in [1.54, 1.807) is 31.2 Å². The van der Waals surface area contributed by atoms with Gasteiger partial charge in [-0.3, -0.25) is 0 Å². The van der Waals surface area contributed by atoms with Gasteiger partial charge < -0.3 is 9.15 Å². The SMILES string of the molecule is CCCCc1cc(=O)oc2cc(C)cc(OC(=O)C(Cc3ccccc3)NS(=O)(=O)c3ccc(C)cc3)c12. The second kappa shape index (κ2) is 11.8. The maximum Gasteiger partial charge on any atom is 0.336 e. The molecule has 198 valence electrons. The highest BCUT2D eigenvalue weighted by Crippen LogP contribution is 2.31. The Balaban J connectivity index is 1.72. The summed E-state index contributed by atoms with van der Waals surface area (Å²) in [5.41, 5.74) is 2.99. The summed E-state index contributed by atoms with van der Waals surface area (Å²) >= 11 is 0. The molecule has 7 nitrogen and oxygen atoms in total. The van der Waals surface area contributed by atoms with Gasteiger partial charge >= 0.3 is 11.6 Å². The molecule has 0 fully saturated rings. The third-order valence-corrected chi connectivity index (χ3v) is 7.73. The monoisotopic (exact) mass is 533 g/mol. The van der Waals surface area contributed by atoms with Crippen LogP contribution in [0.4, 0.5) is 0 Å². The molecule has 0 saturated heterocycles. The Labute approximate surface area is 222 Å². The largest absolute Gasteiger partial charge is 0.425 e. The molecule has 0 saturated carbocycles. The summed E-state index contributed by atoms with van der Waals surface area (Å²) in [4.78, 5) is 25.8. The van der Waals surface area contributed by atoms with E-state index in [2.05, 4.69) is 4.72 Å². The van der Waals surface area contributed by atoms with Crippen molar-refractivity contribution in [3.8, 4) is 5.75 Å². The van der Waals surface area contributed by atoms with Gasteiger partial charge in [0.15, 0.2) is 0 Å². The smallest absolute Gasteiger partial charge is 0.336 e. The van der Waals surface area contributed by atoms with Gasteiger partial charge in [0.2, 0.25) is 10.0 Å². The van der Waals surface area contributed by atoms with Crippen molar-refractivity contribution in [1.82, 2.24) is 4.72 Å². The van der Waals surface area contributed by atoms with Crippen LogP contribution in [0.5, 0.6) is 5.75 Å². The Kier molecular flexibility index (Phi) is 8.44. The minimum Gasteiger partial charge on any atom is -0.425 e. The normalized spacial score (nSPS) is 12.4. The van der Waals surface area contributed by atoms with Crippen molar-refractivity contribution in [1.29, 1.82) is 0 Å². The number of aryl methyl sites for hydroxylation is 3. The molecule has 1 heterocycles. The fraction of sp³-hybridized carbons (Fsp3) is 0.267. The van der Waals surface area contributed by atoms with E-state index in [0.29, 0.717) is 17.4 Å². The molecule has 0 aliphatic carbocycles. The van der Waals surface area contributed by atoms with Crippen LogP contribution in [0.15, 0.2) is 86.9 Å². The van der Waals surface area contributed by atoms with Crippen LogP contribution in [0.3, 0.4) is 0 Å². The van der Waals surface area contributed by atoms with Gasteiger partial charge in [0.05, 0.1) is 10.3 Å². The summed E-state index contributed by atoms with van der Waals surface area (Å²) in [5, 5.41) is 0.539. The molecule has 0 bridgehead atoms. The van der Waals surface area contributed by atoms with Crippen molar-refractivity contribution in [2.75, 3.05) is 0 Å². The fourth-order valence-electron chi connectivity index (χ4n) is 4.29. The number of nitrogens with one attached hydrogen (secondary N) is 1. The van der Waals surface area contributed by atoms with Crippen molar-refractivity contribution >= 4 is 27.0 Å². The molecule has 0 aliphatic rings. The number of esters is 1. The first-order valence-corrected chi connectivity index (χ1v) is 14.1. The topological polar surface area (TPSA) is 103 Å². The predicted octanol–water partition coefficient (Wildman–Crippen LogP) is 5.25. The lowest BCUT2D eigenvalue weighted by atomic mass is 10.0. The average Bonchev–Trinajstić information content (AvgIpc) is 2.87. The molecular weight excluding hydrogens is 502 g/mol. The molecule has 4 rings (SSSR count). The zero-order valence-corrected chi connectivity index (χ0v) is 22.5. The number of hydrogen-bond acceptors (Lipinski definition) is 6. The molecule has 0 aliphatic heterocycles. The van der Waals surface area contributed by atoms with Crippen molar-refractivity contribution in [3.05, 3.63) is 105 Å². The quantitative estimate of drug-likeness (QED) is 0.170. The summed E-state index contributed by atoms with van der Waals surface area (Å²) in [6.07, 6.45) is 2.46. The van der Waals surface area contributed by atoms with E-state index in [1.807, 2.05) is 44.2 Å². The van der Waals surface area contributed by atoms with E-state index in [0.717, 1.165) is 35.1 Å². The molecule has 1 aromatic heterocycles. The molecule has 4 aromatic rings. The maximum absolute atomic E-state index is 13.6. The number of benzene rings is 3. The van der Waals surface area contributed by atoms with Gasteiger partial charge in [-0.05, 0) is 74.1 Å². The molecule has 3 aromatic carbocycles. The lowest BCUT2D eigenvalue weighted by Gasteiger charge is -2.19. The number of fused-ring (bicyclic) bond motifs is 1. The number of unbranched alkanes of at least 4 members (excludes halogenated alkanes) is 1. The number of hydrogen-bond donors (Lipinski definition) is 1. The molecule has 38 heavy (non-hydrogen) atoms. The van der Waals surface area contributed by atoms with Crippen molar-refractivity contribution < 1.29 is 22.4 Å². The highest BCUT2D eigenvalue weighted by Gasteiger charge is 2.29. The van der Waals surface area contributed by atoms with Crippen molar-refractivity contribution in [2.45, 2.75) is 57.4 Å². The van der Waals surface area contributed by atoms with Gasteiger partial charge in [-0.25, -0.2) is 18.0 Å². The van der Waals surface area contributed by atoms with Gasteiger partial charge in [0.1, 0.15) is 17.4 Å². The zero-order chi connectivity index (χ0) is 27.3.